The second-order valence-electron chi connectivity index (χ2n) is 4.35. The minimum absolute atomic E-state index is 0.0625. The van der Waals surface area contributed by atoms with Crippen LogP contribution in [0.2, 0.25) is 0 Å². The zero-order valence-corrected chi connectivity index (χ0v) is 9.32. The SMILES string of the molecule is CNC(C)(C)Cc1c(C)cccc1F. The number of aryl methyl sites for hydroxylation is 1. The Morgan fingerprint density at radius 2 is 2.00 bits per heavy atom. The zero-order valence-electron chi connectivity index (χ0n) is 9.32. The predicted octanol–water partition coefficient (Wildman–Crippen LogP) is 2.67. The standard InChI is InChI=1S/C12H18FN/c1-9-6-5-7-11(13)10(9)8-12(2,3)14-4/h5-7,14H,8H2,1-4H3. The van der Waals surface area contributed by atoms with E-state index in [1.54, 1.807) is 6.07 Å². The molecule has 0 aliphatic carbocycles. The molecule has 0 aromatic heterocycles. The molecule has 1 aromatic carbocycles. The summed E-state index contributed by atoms with van der Waals surface area (Å²) in [4.78, 5) is 0. The molecule has 0 heterocycles. The van der Waals surface area contributed by atoms with E-state index in [-0.39, 0.29) is 11.4 Å². The van der Waals surface area contributed by atoms with Gasteiger partial charge in [0.1, 0.15) is 5.82 Å². The quantitative estimate of drug-likeness (QED) is 0.782. The van der Waals surface area contributed by atoms with Crippen molar-refractivity contribution in [1.82, 2.24) is 5.32 Å². The molecule has 0 amide bonds. The summed E-state index contributed by atoms with van der Waals surface area (Å²) >= 11 is 0. The second kappa shape index (κ2) is 4.09. The largest absolute Gasteiger partial charge is 0.314 e. The molecule has 0 radical (unpaired) electrons. The fraction of sp³-hybridized carbons (Fsp3) is 0.500. The average molecular weight is 195 g/mol. The third-order valence-electron chi connectivity index (χ3n) is 2.65. The highest BCUT2D eigenvalue weighted by atomic mass is 19.1. The monoisotopic (exact) mass is 195 g/mol. The fourth-order valence-corrected chi connectivity index (χ4v) is 1.42. The van der Waals surface area contributed by atoms with Gasteiger partial charge in [-0.05, 0) is 51.4 Å². The molecule has 0 atom stereocenters. The van der Waals surface area contributed by atoms with Gasteiger partial charge in [0.2, 0.25) is 0 Å². The molecule has 0 aliphatic rings. The normalized spacial score (nSPS) is 11.8. The Morgan fingerprint density at radius 1 is 1.36 bits per heavy atom. The van der Waals surface area contributed by atoms with Crippen molar-refractivity contribution >= 4 is 0 Å². The van der Waals surface area contributed by atoms with Crippen molar-refractivity contribution in [1.29, 1.82) is 0 Å². The first-order valence-electron chi connectivity index (χ1n) is 4.89. The molecule has 0 fully saturated rings. The summed E-state index contributed by atoms with van der Waals surface area (Å²) in [6.45, 7) is 6.09. The van der Waals surface area contributed by atoms with E-state index in [1.165, 1.54) is 6.07 Å². The van der Waals surface area contributed by atoms with Gasteiger partial charge in [-0.3, -0.25) is 0 Å². The summed E-state index contributed by atoms with van der Waals surface area (Å²) in [5, 5.41) is 3.18. The molecule has 1 aromatic rings. The van der Waals surface area contributed by atoms with Gasteiger partial charge in [-0.25, -0.2) is 4.39 Å². The van der Waals surface area contributed by atoms with Gasteiger partial charge in [-0.15, -0.1) is 0 Å². The lowest BCUT2D eigenvalue weighted by Gasteiger charge is -2.25. The van der Waals surface area contributed by atoms with Crippen LogP contribution in [0.3, 0.4) is 0 Å². The third kappa shape index (κ3) is 2.55. The van der Waals surface area contributed by atoms with Crippen molar-refractivity contribution in [3.05, 3.63) is 35.1 Å². The topological polar surface area (TPSA) is 12.0 Å². The lowest BCUT2D eigenvalue weighted by atomic mass is 9.92. The average Bonchev–Trinajstić information content (AvgIpc) is 2.12. The fourth-order valence-electron chi connectivity index (χ4n) is 1.42. The van der Waals surface area contributed by atoms with Crippen LogP contribution in [0.1, 0.15) is 25.0 Å². The number of rotatable bonds is 3. The number of benzene rings is 1. The number of nitrogens with one attached hydrogen (secondary N) is 1. The smallest absolute Gasteiger partial charge is 0.126 e. The molecule has 78 valence electrons. The minimum atomic E-state index is -0.103. The van der Waals surface area contributed by atoms with Crippen LogP contribution in [0.25, 0.3) is 0 Å². The molecule has 14 heavy (non-hydrogen) atoms. The zero-order chi connectivity index (χ0) is 10.8. The van der Waals surface area contributed by atoms with E-state index in [1.807, 2.05) is 20.0 Å². The first-order chi connectivity index (χ1) is 6.46. The molecule has 0 spiro atoms. The van der Waals surface area contributed by atoms with Crippen molar-refractivity contribution in [2.75, 3.05) is 7.05 Å². The molecule has 0 aliphatic heterocycles. The van der Waals surface area contributed by atoms with E-state index in [0.717, 1.165) is 11.1 Å². The second-order valence-corrected chi connectivity index (χ2v) is 4.35. The van der Waals surface area contributed by atoms with Crippen LogP contribution in [-0.4, -0.2) is 12.6 Å². The van der Waals surface area contributed by atoms with Crippen LogP contribution in [0.5, 0.6) is 0 Å². The molecule has 0 unspecified atom stereocenters. The Labute approximate surface area is 85.3 Å². The maximum absolute atomic E-state index is 13.5. The van der Waals surface area contributed by atoms with Gasteiger partial charge in [0.25, 0.3) is 0 Å². The molecule has 0 bridgehead atoms. The molecule has 1 N–H and O–H groups in total. The van der Waals surface area contributed by atoms with E-state index >= 15 is 0 Å². The summed E-state index contributed by atoms with van der Waals surface area (Å²) in [5.74, 6) is -0.103. The molecule has 0 saturated heterocycles. The van der Waals surface area contributed by atoms with E-state index in [4.69, 9.17) is 0 Å². The van der Waals surface area contributed by atoms with Crippen molar-refractivity contribution in [3.63, 3.8) is 0 Å². The third-order valence-corrected chi connectivity index (χ3v) is 2.65. The van der Waals surface area contributed by atoms with Crippen LogP contribution in [-0.2, 0) is 6.42 Å². The Morgan fingerprint density at radius 3 is 2.50 bits per heavy atom. The van der Waals surface area contributed by atoms with E-state index in [0.29, 0.717) is 6.42 Å². The Balaban J connectivity index is 2.97. The van der Waals surface area contributed by atoms with Gasteiger partial charge < -0.3 is 5.32 Å². The van der Waals surface area contributed by atoms with Crippen LogP contribution in [0, 0.1) is 12.7 Å². The van der Waals surface area contributed by atoms with Crippen LogP contribution in [0.4, 0.5) is 4.39 Å². The molecule has 1 nitrogen and oxygen atoms in total. The summed E-state index contributed by atoms with van der Waals surface area (Å²) < 4.78 is 13.5. The summed E-state index contributed by atoms with van der Waals surface area (Å²) in [7, 11) is 1.90. The van der Waals surface area contributed by atoms with Crippen molar-refractivity contribution in [2.24, 2.45) is 0 Å². The van der Waals surface area contributed by atoms with E-state index in [2.05, 4.69) is 19.2 Å². The van der Waals surface area contributed by atoms with Crippen LogP contribution >= 0.6 is 0 Å². The van der Waals surface area contributed by atoms with Gasteiger partial charge in [-0.2, -0.15) is 0 Å². The minimum Gasteiger partial charge on any atom is -0.314 e. The summed E-state index contributed by atoms with van der Waals surface area (Å²) in [5.41, 5.74) is 1.77. The molecular weight excluding hydrogens is 177 g/mol. The number of likely N-dealkylation sites (N-methyl/N-ethyl adjacent to an activating group) is 1. The lowest BCUT2D eigenvalue weighted by Crippen LogP contribution is -2.38. The Hall–Kier alpha value is -0.890. The maximum atomic E-state index is 13.5. The first-order valence-corrected chi connectivity index (χ1v) is 4.89. The van der Waals surface area contributed by atoms with Crippen molar-refractivity contribution in [2.45, 2.75) is 32.7 Å². The van der Waals surface area contributed by atoms with Gasteiger partial charge in [0, 0.05) is 5.54 Å². The number of hydrogen-bond acceptors (Lipinski definition) is 1. The van der Waals surface area contributed by atoms with E-state index < -0.39 is 0 Å². The summed E-state index contributed by atoms with van der Waals surface area (Å²) in [6.07, 6.45) is 0.710. The summed E-state index contributed by atoms with van der Waals surface area (Å²) in [6, 6.07) is 5.22. The highest BCUT2D eigenvalue weighted by molar-refractivity contribution is 5.28. The van der Waals surface area contributed by atoms with Gasteiger partial charge in [0.05, 0.1) is 0 Å². The molecular formula is C12H18FN. The van der Waals surface area contributed by atoms with Crippen LogP contribution in [0.15, 0.2) is 18.2 Å². The molecule has 0 saturated carbocycles. The number of halogens is 1. The molecule has 2 heteroatoms. The first kappa shape index (κ1) is 11.2. The number of hydrogen-bond donors (Lipinski definition) is 1. The van der Waals surface area contributed by atoms with Crippen LogP contribution < -0.4 is 5.32 Å². The maximum Gasteiger partial charge on any atom is 0.126 e. The van der Waals surface area contributed by atoms with Gasteiger partial charge >= 0.3 is 0 Å². The molecule has 1 rings (SSSR count). The van der Waals surface area contributed by atoms with Crippen molar-refractivity contribution < 1.29 is 4.39 Å². The Kier molecular flexibility index (Phi) is 3.27. The highest BCUT2D eigenvalue weighted by Crippen LogP contribution is 2.18. The Bertz CT molecular complexity index is 298. The van der Waals surface area contributed by atoms with E-state index in [9.17, 15) is 4.39 Å². The van der Waals surface area contributed by atoms with Gasteiger partial charge in [0.15, 0.2) is 0 Å². The van der Waals surface area contributed by atoms with Gasteiger partial charge in [-0.1, -0.05) is 12.1 Å². The highest BCUT2D eigenvalue weighted by Gasteiger charge is 2.18. The predicted molar refractivity (Wildman–Crippen MR) is 58.0 cm³/mol. The lowest BCUT2D eigenvalue weighted by molar-refractivity contribution is 0.413. The van der Waals surface area contributed by atoms with Crippen molar-refractivity contribution in [3.8, 4) is 0 Å².